The lowest BCUT2D eigenvalue weighted by Gasteiger charge is -2.12. The van der Waals surface area contributed by atoms with Crippen LogP contribution in [-0.4, -0.2) is 50.7 Å². The Morgan fingerprint density at radius 3 is 2.72 bits per heavy atom. The molecule has 1 aliphatic heterocycles. The highest BCUT2D eigenvalue weighted by Gasteiger charge is 2.19. The number of nitrogens with zero attached hydrogens (tertiary/aromatic N) is 4. The minimum atomic E-state index is -0.0541. The van der Waals surface area contributed by atoms with E-state index in [0.717, 1.165) is 30.7 Å². The quantitative estimate of drug-likeness (QED) is 0.580. The number of thioether (sulfide) groups is 1. The molecule has 3 heterocycles. The Balaban J connectivity index is 1.52. The molecule has 1 aliphatic rings. The molecule has 150 valence electrons. The zero-order valence-corrected chi connectivity index (χ0v) is 17.2. The number of amides is 1. The average Bonchev–Trinajstić information content (AvgIpc) is 3.42. The third-order valence-electron chi connectivity index (χ3n) is 4.54. The molecule has 7 nitrogen and oxygen atoms in total. The van der Waals surface area contributed by atoms with Gasteiger partial charge in [-0.2, -0.15) is 0 Å². The first kappa shape index (κ1) is 19.9. The van der Waals surface area contributed by atoms with Crippen molar-refractivity contribution in [2.24, 2.45) is 0 Å². The van der Waals surface area contributed by atoms with Crippen molar-refractivity contribution in [3.8, 4) is 17.1 Å². The van der Waals surface area contributed by atoms with E-state index in [1.54, 1.807) is 12.4 Å². The maximum atomic E-state index is 12.3. The van der Waals surface area contributed by atoms with Gasteiger partial charge in [0.2, 0.25) is 5.91 Å². The highest BCUT2D eigenvalue weighted by molar-refractivity contribution is 7.99. The third kappa shape index (κ3) is 4.95. The van der Waals surface area contributed by atoms with Gasteiger partial charge in [-0.3, -0.25) is 14.3 Å². The predicted octanol–water partition coefficient (Wildman–Crippen LogP) is 3.37. The van der Waals surface area contributed by atoms with E-state index < -0.39 is 0 Å². The van der Waals surface area contributed by atoms with Gasteiger partial charge in [-0.25, -0.2) is 0 Å². The second-order valence-corrected chi connectivity index (χ2v) is 7.96. The molecule has 4 rings (SSSR count). The molecular formula is C20H20ClN5O2S. The largest absolute Gasteiger partial charge is 0.376 e. The summed E-state index contributed by atoms with van der Waals surface area (Å²) >= 11 is 7.38. The van der Waals surface area contributed by atoms with Crippen molar-refractivity contribution in [2.75, 3.05) is 18.9 Å². The molecule has 1 aromatic carbocycles. The van der Waals surface area contributed by atoms with Gasteiger partial charge in [0.15, 0.2) is 11.0 Å². The summed E-state index contributed by atoms with van der Waals surface area (Å²) in [6, 6.07) is 11.2. The molecule has 1 fully saturated rings. The van der Waals surface area contributed by atoms with Gasteiger partial charge in [0.1, 0.15) is 0 Å². The Labute approximate surface area is 177 Å². The van der Waals surface area contributed by atoms with Crippen LogP contribution in [0.5, 0.6) is 0 Å². The summed E-state index contributed by atoms with van der Waals surface area (Å²) in [5, 5.41) is 12.9. The normalized spacial score (nSPS) is 16.1. The molecule has 0 aliphatic carbocycles. The fourth-order valence-electron chi connectivity index (χ4n) is 3.09. The molecule has 1 N–H and O–H groups in total. The van der Waals surface area contributed by atoms with E-state index in [-0.39, 0.29) is 17.8 Å². The summed E-state index contributed by atoms with van der Waals surface area (Å²) in [6.07, 6.45) is 5.59. The van der Waals surface area contributed by atoms with Crippen LogP contribution in [0.3, 0.4) is 0 Å². The second-order valence-electron chi connectivity index (χ2n) is 6.58. The van der Waals surface area contributed by atoms with E-state index in [0.29, 0.717) is 22.5 Å². The average molecular weight is 430 g/mol. The summed E-state index contributed by atoms with van der Waals surface area (Å²) in [4.78, 5) is 16.3. The first-order valence-corrected chi connectivity index (χ1v) is 10.7. The SMILES string of the molecule is O=C(CSc1nnc(-c2ccncc2)n1-c1ccc(Cl)cc1)NCC1CCCO1. The Bertz CT molecular complexity index is 959. The number of pyridine rings is 1. The zero-order valence-electron chi connectivity index (χ0n) is 15.6. The number of ether oxygens (including phenoxy) is 1. The van der Waals surface area contributed by atoms with Crippen molar-refractivity contribution >= 4 is 29.3 Å². The van der Waals surface area contributed by atoms with Crippen LogP contribution in [0, 0.1) is 0 Å². The second kappa shape index (κ2) is 9.39. The van der Waals surface area contributed by atoms with E-state index in [1.807, 2.05) is 41.0 Å². The van der Waals surface area contributed by atoms with Crippen LogP contribution in [0.15, 0.2) is 53.9 Å². The molecular weight excluding hydrogens is 410 g/mol. The van der Waals surface area contributed by atoms with Crippen LogP contribution < -0.4 is 5.32 Å². The third-order valence-corrected chi connectivity index (χ3v) is 5.72. The van der Waals surface area contributed by atoms with E-state index >= 15 is 0 Å². The van der Waals surface area contributed by atoms with Crippen molar-refractivity contribution in [3.05, 3.63) is 53.8 Å². The molecule has 2 aromatic heterocycles. The van der Waals surface area contributed by atoms with Gasteiger partial charge in [0, 0.05) is 41.8 Å². The van der Waals surface area contributed by atoms with Crippen molar-refractivity contribution in [1.82, 2.24) is 25.1 Å². The highest BCUT2D eigenvalue weighted by Crippen LogP contribution is 2.28. The standard InChI is InChI=1S/C20H20ClN5O2S/c21-15-3-5-16(6-4-15)26-19(14-7-9-22-10-8-14)24-25-20(26)29-13-18(27)23-12-17-2-1-11-28-17/h3-10,17H,1-2,11-13H2,(H,23,27). The van der Waals surface area contributed by atoms with E-state index in [2.05, 4.69) is 20.5 Å². The molecule has 0 radical (unpaired) electrons. The monoisotopic (exact) mass is 429 g/mol. The highest BCUT2D eigenvalue weighted by atomic mass is 35.5. The van der Waals surface area contributed by atoms with Gasteiger partial charge in [0.25, 0.3) is 0 Å². The van der Waals surface area contributed by atoms with Crippen molar-refractivity contribution < 1.29 is 9.53 Å². The smallest absolute Gasteiger partial charge is 0.230 e. The van der Waals surface area contributed by atoms with Crippen molar-refractivity contribution in [3.63, 3.8) is 0 Å². The number of hydrogen-bond donors (Lipinski definition) is 1. The molecule has 1 saturated heterocycles. The summed E-state index contributed by atoms with van der Waals surface area (Å²) in [5.41, 5.74) is 1.76. The number of carbonyl (C=O) groups is 1. The van der Waals surface area contributed by atoms with E-state index in [9.17, 15) is 4.79 Å². The van der Waals surface area contributed by atoms with Gasteiger partial charge in [0.05, 0.1) is 11.9 Å². The Morgan fingerprint density at radius 2 is 2.00 bits per heavy atom. The summed E-state index contributed by atoms with van der Waals surface area (Å²) in [7, 11) is 0. The fraction of sp³-hybridized carbons (Fsp3) is 0.300. The Morgan fingerprint density at radius 1 is 1.21 bits per heavy atom. The number of hydrogen-bond acceptors (Lipinski definition) is 6. The molecule has 0 spiro atoms. The van der Waals surface area contributed by atoms with Crippen LogP contribution in [-0.2, 0) is 9.53 Å². The minimum absolute atomic E-state index is 0.0541. The van der Waals surface area contributed by atoms with Gasteiger partial charge < -0.3 is 10.1 Å². The molecule has 29 heavy (non-hydrogen) atoms. The number of rotatable bonds is 7. The lowest BCUT2D eigenvalue weighted by atomic mass is 10.2. The number of aromatic nitrogens is 4. The van der Waals surface area contributed by atoms with Crippen molar-refractivity contribution in [2.45, 2.75) is 24.1 Å². The number of benzene rings is 1. The van der Waals surface area contributed by atoms with Gasteiger partial charge >= 0.3 is 0 Å². The van der Waals surface area contributed by atoms with Crippen molar-refractivity contribution in [1.29, 1.82) is 0 Å². The topological polar surface area (TPSA) is 81.9 Å². The van der Waals surface area contributed by atoms with Crippen LogP contribution in [0.25, 0.3) is 17.1 Å². The first-order valence-electron chi connectivity index (χ1n) is 9.33. The molecule has 1 amide bonds. The molecule has 0 bridgehead atoms. The van der Waals surface area contributed by atoms with Crippen LogP contribution in [0.2, 0.25) is 5.02 Å². The van der Waals surface area contributed by atoms with Crippen LogP contribution >= 0.6 is 23.4 Å². The lowest BCUT2D eigenvalue weighted by Crippen LogP contribution is -2.32. The number of halogens is 1. The molecule has 3 aromatic rings. The van der Waals surface area contributed by atoms with Gasteiger partial charge in [-0.1, -0.05) is 23.4 Å². The fourth-order valence-corrected chi connectivity index (χ4v) is 4.00. The molecule has 1 unspecified atom stereocenters. The molecule has 1 atom stereocenters. The van der Waals surface area contributed by atoms with Gasteiger partial charge in [-0.15, -0.1) is 10.2 Å². The van der Waals surface area contributed by atoms with Gasteiger partial charge in [-0.05, 0) is 49.2 Å². The molecule has 0 saturated carbocycles. The van der Waals surface area contributed by atoms with E-state index in [4.69, 9.17) is 16.3 Å². The number of nitrogens with one attached hydrogen (secondary N) is 1. The Hall–Kier alpha value is -2.42. The minimum Gasteiger partial charge on any atom is -0.376 e. The lowest BCUT2D eigenvalue weighted by molar-refractivity contribution is -0.119. The van der Waals surface area contributed by atoms with E-state index in [1.165, 1.54) is 11.8 Å². The summed E-state index contributed by atoms with van der Waals surface area (Å²) in [5.74, 6) is 0.869. The Kier molecular flexibility index (Phi) is 6.43. The number of carbonyl (C=O) groups excluding carboxylic acids is 1. The predicted molar refractivity (Wildman–Crippen MR) is 112 cm³/mol. The maximum Gasteiger partial charge on any atom is 0.230 e. The first-order chi connectivity index (χ1) is 14.2. The molecule has 9 heteroatoms. The summed E-state index contributed by atoms with van der Waals surface area (Å²) in [6.45, 7) is 1.32. The van der Waals surface area contributed by atoms with Crippen LogP contribution in [0.4, 0.5) is 0 Å². The maximum absolute atomic E-state index is 12.3. The summed E-state index contributed by atoms with van der Waals surface area (Å²) < 4.78 is 7.46. The zero-order chi connectivity index (χ0) is 20.1. The van der Waals surface area contributed by atoms with Crippen LogP contribution in [0.1, 0.15) is 12.8 Å².